The number of amides is 1. The Kier molecular flexibility index (Phi) is 9.55. The highest BCUT2D eigenvalue weighted by Gasteiger charge is 2.29. The summed E-state index contributed by atoms with van der Waals surface area (Å²) in [6, 6.07) is 29.5. The van der Waals surface area contributed by atoms with E-state index in [4.69, 9.17) is 14.7 Å². The number of piperazine rings is 1. The number of rotatable bonds is 9. The van der Waals surface area contributed by atoms with Gasteiger partial charge < -0.3 is 25.2 Å². The van der Waals surface area contributed by atoms with E-state index in [2.05, 4.69) is 26.5 Å². The van der Waals surface area contributed by atoms with Gasteiger partial charge in [-0.15, -0.1) is 0 Å². The zero-order valence-corrected chi connectivity index (χ0v) is 29.1. The lowest BCUT2D eigenvalue weighted by molar-refractivity contribution is -0.130. The quantitative estimate of drug-likeness (QED) is 0.188. The lowest BCUT2D eigenvalue weighted by atomic mass is 10.0. The number of aromatic nitrogens is 2. The molecule has 0 unspecified atom stereocenters. The second kappa shape index (κ2) is 14.3. The first kappa shape index (κ1) is 33.3. The van der Waals surface area contributed by atoms with Crippen molar-refractivity contribution in [1.29, 1.82) is 0 Å². The van der Waals surface area contributed by atoms with E-state index in [1.807, 2.05) is 41.3 Å². The van der Waals surface area contributed by atoms with E-state index in [0.29, 0.717) is 40.4 Å². The summed E-state index contributed by atoms with van der Waals surface area (Å²) >= 11 is 0. The molecule has 1 amide bonds. The zero-order chi connectivity index (χ0) is 34.7. The van der Waals surface area contributed by atoms with E-state index in [0.717, 1.165) is 63.2 Å². The first-order valence-electron chi connectivity index (χ1n) is 16.9. The molecule has 2 saturated heterocycles. The van der Waals surface area contributed by atoms with Crippen LogP contribution in [0.4, 0.5) is 28.8 Å². The van der Waals surface area contributed by atoms with Gasteiger partial charge in [-0.2, -0.15) is 4.98 Å². The Morgan fingerprint density at radius 3 is 2.22 bits per heavy atom. The van der Waals surface area contributed by atoms with Crippen molar-refractivity contribution in [2.45, 2.75) is 35.6 Å². The minimum atomic E-state index is -3.80. The first-order chi connectivity index (χ1) is 24.3. The number of fused-ring (bicyclic) bond motifs is 1. The van der Waals surface area contributed by atoms with Crippen LogP contribution >= 0.6 is 0 Å². The van der Waals surface area contributed by atoms with Gasteiger partial charge in [-0.25, -0.2) is 13.4 Å². The second-order valence-corrected chi connectivity index (χ2v) is 14.5. The van der Waals surface area contributed by atoms with Crippen LogP contribution in [0.3, 0.4) is 0 Å². The molecule has 1 aromatic heterocycles. The summed E-state index contributed by atoms with van der Waals surface area (Å²) in [5, 5.41) is 7.40. The van der Waals surface area contributed by atoms with Crippen molar-refractivity contribution in [1.82, 2.24) is 19.8 Å². The monoisotopic (exact) mass is 691 g/mol. The van der Waals surface area contributed by atoms with Gasteiger partial charge in [0.05, 0.1) is 33.8 Å². The molecule has 2 aliphatic heterocycles. The number of carbonyl (C=O) groups excluding carboxylic acids is 1. The first-order valence-corrected chi connectivity index (χ1v) is 18.4. The molecule has 0 spiro atoms. The number of methoxy groups -OCH3 is 1. The van der Waals surface area contributed by atoms with Gasteiger partial charge in [0.1, 0.15) is 11.6 Å². The van der Waals surface area contributed by atoms with Crippen molar-refractivity contribution in [3.63, 3.8) is 0 Å². The molecular formula is C38H41N7O4S. The SMILES string of the molecule is COc1cc(N2CCC(N3CCN(C(C)=O)CC3)CC2)ccc1Nc1nc(Nc2ccccc2S(=O)(=O)c2ccccc2)c2ccccc2n1. The normalized spacial score (nSPS) is 16.0. The molecule has 4 aromatic carbocycles. The van der Waals surface area contributed by atoms with Gasteiger partial charge in [0.2, 0.25) is 21.7 Å². The van der Waals surface area contributed by atoms with Crippen LogP contribution in [0.2, 0.25) is 0 Å². The van der Waals surface area contributed by atoms with Crippen LogP contribution in [0, 0.1) is 0 Å². The number of carbonyl (C=O) groups is 1. The standard InChI is InChI=1S/C38H41N7O4S/c1-27(46)43-22-24-45(25-23-43)28-18-20-44(21-19-28)29-16-17-33(35(26-29)49-2)41-38-40-32-13-7-6-12-31(32)37(42-38)39-34-14-8-9-15-36(34)50(47,48)30-10-4-3-5-11-30/h3-17,26,28H,18-25H2,1-2H3,(H2,39,40,41,42). The maximum atomic E-state index is 13.6. The maximum absolute atomic E-state index is 13.6. The van der Waals surface area contributed by atoms with Crippen LogP contribution in [-0.4, -0.2) is 86.5 Å². The Balaban J connectivity index is 1.10. The number of nitrogens with one attached hydrogen (secondary N) is 2. The summed E-state index contributed by atoms with van der Waals surface area (Å²) in [5.74, 6) is 1.63. The number of nitrogens with zero attached hydrogens (tertiary/aromatic N) is 5. The van der Waals surface area contributed by atoms with Crippen molar-refractivity contribution in [3.05, 3.63) is 97.1 Å². The van der Waals surface area contributed by atoms with E-state index < -0.39 is 9.84 Å². The fraction of sp³-hybridized carbons (Fsp3) is 0.289. The van der Waals surface area contributed by atoms with E-state index in [1.54, 1.807) is 68.6 Å². The predicted molar refractivity (Wildman–Crippen MR) is 196 cm³/mol. The largest absolute Gasteiger partial charge is 0.494 e. The molecule has 2 fully saturated rings. The number of piperidine rings is 1. The minimum Gasteiger partial charge on any atom is -0.494 e. The van der Waals surface area contributed by atoms with Crippen LogP contribution < -0.4 is 20.3 Å². The van der Waals surface area contributed by atoms with Crippen LogP contribution in [0.5, 0.6) is 5.75 Å². The number of ether oxygens (including phenoxy) is 1. The van der Waals surface area contributed by atoms with Crippen LogP contribution in [0.1, 0.15) is 19.8 Å². The summed E-state index contributed by atoms with van der Waals surface area (Å²) in [4.78, 5) is 28.6. The van der Waals surface area contributed by atoms with Crippen LogP contribution in [0.15, 0.2) is 107 Å². The fourth-order valence-electron chi connectivity index (χ4n) is 6.88. The van der Waals surface area contributed by atoms with Gasteiger partial charge in [-0.05, 0) is 61.4 Å². The van der Waals surface area contributed by atoms with Crippen molar-refractivity contribution in [3.8, 4) is 5.75 Å². The molecule has 11 nitrogen and oxygen atoms in total. The van der Waals surface area contributed by atoms with Gasteiger partial charge in [0.25, 0.3) is 0 Å². The average molecular weight is 692 g/mol. The van der Waals surface area contributed by atoms with E-state index in [9.17, 15) is 13.2 Å². The van der Waals surface area contributed by atoms with E-state index in [-0.39, 0.29) is 15.7 Å². The molecule has 2 N–H and O–H groups in total. The number of hydrogen-bond donors (Lipinski definition) is 2. The molecule has 3 heterocycles. The zero-order valence-electron chi connectivity index (χ0n) is 28.2. The maximum Gasteiger partial charge on any atom is 0.229 e. The van der Waals surface area contributed by atoms with E-state index in [1.165, 1.54) is 0 Å². The Morgan fingerprint density at radius 1 is 0.780 bits per heavy atom. The Hall–Kier alpha value is -5.20. The van der Waals surface area contributed by atoms with Crippen molar-refractivity contribution in [2.24, 2.45) is 0 Å². The highest BCUT2D eigenvalue weighted by atomic mass is 32.2. The molecule has 0 saturated carbocycles. The van der Waals surface area contributed by atoms with Gasteiger partial charge in [-0.1, -0.05) is 42.5 Å². The van der Waals surface area contributed by atoms with Crippen molar-refractivity contribution < 1.29 is 17.9 Å². The Bertz CT molecular complexity index is 2100. The van der Waals surface area contributed by atoms with Gasteiger partial charge in [0, 0.05) is 69.4 Å². The number of hydrogen-bond acceptors (Lipinski definition) is 10. The predicted octanol–water partition coefficient (Wildman–Crippen LogP) is 6.09. The molecule has 50 heavy (non-hydrogen) atoms. The Morgan fingerprint density at radius 2 is 1.48 bits per heavy atom. The molecule has 2 aliphatic rings. The summed E-state index contributed by atoms with van der Waals surface area (Å²) in [5.41, 5.74) is 2.90. The summed E-state index contributed by atoms with van der Waals surface area (Å²) < 4.78 is 33.1. The summed E-state index contributed by atoms with van der Waals surface area (Å²) in [6.45, 7) is 7.02. The molecular weight excluding hydrogens is 651 g/mol. The molecule has 0 aliphatic carbocycles. The third kappa shape index (κ3) is 6.94. The molecule has 0 radical (unpaired) electrons. The van der Waals surface area contributed by atoms with Gasteiger partial charge in [-0.3, -0.25) is 9.69 Å². The van der Waals surface area contributed by atoms with Crippen molar-refractivity contribution >= 4 is 55.5 Å². The lowest BCUT2D eigenvalue weighted by Gasteiger charge is -2.43. The van der Waals surface area contributed by atoms with Crippen molar-refractivity contribution in [2.75, 3.05) is 61.9 Å². The van der Waals surface area contributed by atoms with E-state index >= 15 is 0 Å². The average Bonchev–Trinajstić information content (AvgIpc) is 3.15. The van der Waals surface area contributed by atoms with Gasteiger partial charge in [0.15, 0.2) is 0 Å². The third-order valence-corrected chi connectivity index (χ3v) is 11.5. The lowest BCUT2D eigenvalue weighted by Crippen LogP contribution is -2.54. The van der Waals surface area contributed by atoms with Crippen LogP contribution in [0.25, 0.3) is 10.9 Å². The number of sulfone groups is 1. The smallest absolute Gasteiger partial charge is 0.229 e. The second-order valence-electron chi connectivity index (χ2n) is 12.6. The minimum absolute atomic E-state index is 0.153. The summed E-state index contributed by atoms with van der Waals surface area (Å²) in [6.07, 6.45) is 2.14. The Labute approximate surface area is 292 Å². The highest BCUT2D eigenvalue weighted by Crippen LogP contribution is 2.35. The molecule has 5 aromatic rings. The van der Waals surface area contributed by atoms with Crippen LogP contribution in [-0.2, 0) is 14.6 Å². The number of anilines is 5. The fourth-order valence-corrected chi connectivity index (χ4v) is 8.31. The topological polar surface area (TPSA) is 120 Å². The molecule has 258 valence electrons. The molecule has 0 atom stereocenters. The highest BCUT2D eigenvalue weighted by molar-refractivity contribution is 7.91. The number of benzene rings is 4. The molecule has 0 bridgehead atoms. The number of para-hydroxylation sites is 2. The molecule has 7 rings (SSSR count). The third-order valence-electron chi connectivity index (χ3n) is 9.62. The van der Waals surface area contributed by atoms with Gasteiger partial charge >= 0.3 is 0 Å². The summed E-state index contributed by atoms with van der Waals surface area (Å²) in [7, 11) is -2.15. The molecule has 12 heteroatoms.